The molecular weight excluding hydrogens is 257 g/mol. The largest absolute Gasteiger partial charge is 0.238 e. The third-order valence-electron chi connectivity index (χ3n) is 1.45. The number of thiazole rings is 1. The van der Waals surface area contributed by atoms with E-state index in [0.29, 0.717) is 10.0 Å². The Labute approximate surface area is 100 Å². The van der Waals surface area contributed by atoms with E-state index in [4.69, 9.17) is 23.2 Å². The number of halogens is 2. The maximum atomic E-state index is 5.88. The Balaban J connectivity index is 2.25. The van der Waals surface area contributed by atoms with Gasteiger partial charge < -0.3 is 0 Å². The summed E-state index contributed by atoms with van der Waals surface area (Å²) in [5, 5.41) is 3.24. The van der Waals surface area contributed by atoms with Gasteiger partial charge in [-0.05, 0) is 18.2 Å². The van der Waals surface area contributed by atoms with Crippen molar-refractivity contribution in [3.63, 3.8) is 0 Å². The topological polar surface area (TPSA) is 12.9 Å². The molecule has 2 aromatic rings. The first kappa shape index (κ1) is 10.3. The number of nitrogens with zero attached hydrogens (tertiary/aromatic N) is 1. The number of aromatic nitrogens is 1. The summed E-state index contributed by atoms with van der Waals surface area (Å²) in [4.78, 5) is 5.18. The Morgan fingerprint density at radius 3 is 2.43 bits per heavy atom. The lowest BCUT2D eigenvalue weighted by Crippen LogP contribution is -1.73. The van der Waals surface area contributed by atoms with Gasteiger partial charge in [-0.1, -0.05) is 35.0 Å². The van der Waals surface area contributed by atoms with Crippen molar-refractivity contribution in [1.29, 1.82) is 0 Å². The van der Waals surface area contributed by atoms with Gasteiger partial charge in [-0.3, -0.25) is 0 Å². The van der Waals surface area contributed by atoms with Gasteiger partial charge in [0.2, 0.25) is 0 Å². The molecule has 1 heterocycles. The van der Waals surface area contributed by atoms with Crippen molar-refractivity contribution in [3.05, 3.63) is 39.8 Å². The van der Waals surface area contributed by atoms with Crippen LogP contribution in [0, 0.1) is 0 Å². The van der Waals surface area contributed by atoms with Crippen LogP contribution in [0.1, 0.15) is 0 Å². The normalized spacial score (nSPS) is 10.4. The molecule has 0 saturated heterocycles. The summed E-state index contributed by atoms with van der Waals surface area (Å²) in [7, 11) is 0. The lowest BCUT2D eigenvalue weighted by molar-refractivity contribution is 1.25. The summed E-state index contributed by atoms with van der Waals surface area (Å²) in [5.41, 5.74) is 0. The molecule has 14 heavy (non-hydrogen) atoms. The smallest absolute Gasteiger partial charge is 0.154 e. The van der Waals surface area contributed by atoms with Gasteiger partial charge in [0, 0.05) is 26.5 Å². The first-order valence-corrected chi connectivity index (χ1v) is 6.23. The zero-order chi connectivity index (χ0) is 9.97. The summed E-state index contributed by atoms with van der Waals surface area (Å²) in [5.74, 6) is 0. The van der Waals surface area contributed by atoms with Crippen LogP contribution in [0.5, 0.6) is 0 Å². The zero-order valence-electron chi connectivity index (χ0n) is 6.91. The average Bonchev–Trinajstić information content (AvgIpc) is 2.54. The van der Waals surface area contributed by atoms with Gasteiger partial charge in [-0.15, -0.1) is 11.3 Å². The second kappa shape index (κ2) is 4.53. The molecule has 1 aromatic carbocycles. The van der Waals surface area contributed by atoms with Crippen molar-refractivity contribution in [2.75, 3.05) is 0 Å². The first-order valence-electron chi connectivity index (χ1n) is 3.77. The Morgan fingerprint density at radius 1 is 1.14 bits per heavy atom. The van der Waals surface area contributed by atoms with Crippen molar-refractivity contribution in [2.24, 2.45) is 0 Å². The minimum Gasteiger partial charge on any atom is -0.238 e. The Morgan fingerprint density at radius 2 is 1.86 bits per heavy atom. The number of hydrogen-bond acceptors (Lipinski definition) is 3. The summed E-state index contributed by atoms with van der Waals surface area (Å²) >= 11 is 14.9. The van der Waals surface area contributed by atoms with Crippen LogP contribution in [-0.4, -0.2) is 4.98 Å². The number of hydrogen-bond donors (Lipinski definition) is 0. The van der Waals surface area contributed by atoms with Gasteiger partial charge in [0.1, 0.15) is 0 Å². The molecule has 0 radical (unpaired) electrons. The van der Waals surface area contributed by atoms with Crippen LogP contribution in [0.25, 0.3) is 0 Å². The van der Waals surface area contributed by atoms with E-state index in [1.807, 2.05) is 17.5 Å². The van der Waals surface area contributed by atoms with Crippen LogP contribution in [0.4, 0.5) is 0 Å². The summed E-state index contributed by atoms with van der Waals surface area (Å²) < 4.78 is 0.989. The van der Waals surface area contributed by atoms with Gasteiger partial charge in [0.15, 0.2) is 4.34 Å². The highest BCUT2D eigenvalue weighted by atomic mass is 35.5. The quantitative estimate of drug-likeness (QED) is 0.784. The van der Waals surface area contributed by atoms with Gasteiger partial charge in [-0.2, -0.15) is 0 Å². The molecule has 0 spiro atoms. The van der Waals surface area contributed by atoms with Gasteiger partial charge in [-0.25, -0.2) is 4.98 Å². The van der Waals surface area contributed by atoms with Gasteiger partial charge in [0.05, 0.1) is 0 Å². The molecule has 72 valence electrons. The molecule has 0 amide bonds. The number of rotatable bonds is 2. The van der Waals surface area contributed by atoms with E-state index in [9.17, 15) is 0 Å². The van der Waals surface area contributed by atoms with Crippen molar-refractivity contribution >= 4 is 46.3 Å². The highest BCUT2D eigenvalue weighted by molar-refractivity contribution is 8.01. The molecule has 1 aromatic heterocycles. The fourth-order valence-electron chi connectivity index (χ4n) is 0.949. The molecule has 0 unspecified atom stereocenters. The van der Waals surface area contributed by atoms with Gasteiger partial charge in [0.25, 0.3) is 0 Å². The fraction of sp³-hybridized carbons (Fsp3) is 0. The van der Waals surface area contributed by atoms with E-state index >= 15 is 0 Å². The molecule has 0 N–H and O–H groups in total. The van der Waals surface area contributed by atoms with E-state index in [1.54, 1.807) is 35.4 Å². The molecule has 5 heteroatoms. The minimum atomic E-state index is 0.650. The van der Waals surface area contributed by atoms with E-state index in [2.05, 4.69) is 4.98 Å². The third-order valence-corrected chi connectivity index (χ3v) is 3.74. The van der Waals surface area contributed by atoms with E-state index in [0.717, 1.165) is 9.24 Å². The Kier molecular flexibility index (Phi) is 3.34. The van der Waals surface area contributed by atoms with Crippen molar-refractivity contribution in [1.82, 2.24) is 4.98 Å². The van der Waals surface area contributed by atoms with E-state index in [-0.39, 0.29) is 0 Å². The second-order valence-corrected chi connectivity index (χ2v) is 5.59. The second-order valence-electron chi connectivity index (χ2n) is 2.51. The molecule has 0 bridgehead atoms. The predicted octanol–water partition coefficient (Wildman–Crippen LogP) is 4.60. The molecule has 0 aliphatic carbocycles. The monoisotopic (exact) mass is 261 g/mol. The maximum Gasteiger partial charge on any atom is 0.154 e. The molecule has 0 fully saturated rings. The highest BCUT2D eigenvalue weighted by Gasteiger charge is 2.02. The predicted molar refractivity (Wildman–Crippen MR) is 62.7 cm³/mol. The lowest BCUT2D eigenvalue weighted by atomic mass is 10.4. The number of benzene rings is 1. The molecule has 2 rings (SSSR count). The van der Waals surface area contributed by atoms with Crippen molar-refractivity contribution in [3.8, 4) is 0 Å². The molecule has 1 nitrogen and oxygen atoms in total. The third kappa shape index (κ3) is 2.64. The molecule has 0 saturated carbocycles. The van der Waals surface area contributed by atoms with Crippen LogP contribution >= 0.6 is 46.3 Å². The Bertz CT molecular complexity index is 408. The minimum absolute atomic E-state index is 0.650. The lowest BCUT2D eigenvalue weighted by Gasteiger charge is -1.99. The van der Waals surface area contributed by atoms with Crippen molar-refractivity contribution in [2.45, 2.75) is 9.24 Å². The zero-order valence-corrected chi connectivity index (χ0v) is 10.1. The maximum absolute atomic E-state index is 5.88. The van der Waals surface area contributed by atoms with Gasteiger partial charge >= 0.3 is 0 Å². The van der Waals surface area contributed by atoms with Crippen molar-refractivity contribution < 1.29 is 0 Å². The van der Waals surface area contributed by atoms with Crippen LogP contribution in [-0.2, 0) is 0 Å². The fourth-order valence-corrected chi connectivity index (χ4v) is 3.30. The Hall–Kier alpha value is -0.220. The average molecular weight is 262 g/mol. The highest BCUT2D eigenvalue weighted by Crippen LogP contribution is 2.32. The van der Waals surface area contributed by atoms with E-state index in [1.165, 1.54) is 0 Å². The summed E-state index contributed by atoms with van der Waals surface area (Å²) in [6, 6.07) is 5.47. The summed E-state index contributed by atoms with van der Waals surface area (Å²) in [6.07, 6.45) is 1.78. The SMILES string of the molecule is Clc1cc(Cl)cc(Sc2nccs2)c1. The van der Waals surface area contributed by atoms with E-state index < -0.39 is 0 Å². The van der Waals surface area contributed by atoms with Crippen LogP contribution in [0.15, 0.2) is 39.0 Å². The molecule has 0 atom stereocenters. The van der Waals surface area contributed by atoms with Crippen LogP contribution in [0.2, 0.25) is 10.0 Å². The first-order chi connectivity index (χ1) is 6.74. The standard InChI is InChI=1S/C9H5Cl2NS2/c10-6-3-7(11)5-8(4-6)14-9-12-1-2-13-9/h1-5H. The molecular formula is C9H5Cl2NS2. The molecule has 0 aliphatic rings. The van der Waals surface area contributed by atoms with Crippen LogP contribution < -0.4 is 0 Å². The summed E-state index contributed by atoms with van der Waals surface area (Å²) in [6.45, 7) is 0. The van der Waals surface area contributed by atoms with Crippen LogP contribution in [0.3, 0.4) is 0 Å². The molecule has 0 aliphatic heterocycles.